The standard InChI is InChI=1S/C7H6ClFN2.ClH/c8-6-4(7(10)11)2-1-3-5(6)9;/h1-3H,(H3,10,11);1H. The molecule has 0 saturated heterocycles. The highest BCUT2D eigenvalue weighted by Crippen LogP contribution is 2.18. The molecule has 0 fully saturated rings. The van der Waals surface area contributed by atoms with Crippen LogP contribution in [0, 0.1) is 11.2 Å². The van der Waals surface area contributed by atoms with Crippen LogP contribution in [0.1, 0.15) is 5.56 Å². The molecular formula is C7H7Cl2FN2. The Morgan fingerprint density at radius 2 is 2.08 bits per heavy atom. The van der Waals surface area contributed by atoms with E-state index < -0.39 is 5.82 Å². The molecule has 5 heteroatoms. The number of nitrogens with two attached hydrogens (primary N) is 1. The lowest BCUT2D eigenvalue weighted by molar-refractivity contribution is 0.628. The average molecular weight is 209 g/mol. The van der Waals surface area contributed by atoms with Crippen LogP contribution in [0.25, 0.3) is 0 Å². The molecule has 0 radical (unpaired) electrons. The smallest absolute Gasteiger partial charge is 0.142 e. The van der Waals surface area contributed by atoms with Gasteiger partial charge in [-0.25, -0.2) is 4.39 Å². The summed E-state index contributed by atoms with van der Waals surface area (Å²) in [7, 11) is 0. The van der Waals surface area contributed by atoms with Gasteiger partial charge in [-0.05, 0) is 12.1 Å². The summed E-state index contributed by atoms with van der Waals surface area (Å²) in [5.41, 5.74) is 5.34. The monoisotopic (exact) mass is 208 g/mol. The molecule has 0 aliphatic carbocycles. The lowest BCUT2D eigenvalue weighted by atomic mass is 10.2. The van der Waals surface area contributed by atoms with Gasteiger partial charge in [0.05, 0.1) is 5.02 Å². The van der Waals surface area contributed by atoms with E-state index in [0.717, 1.165) is 0 Å². The zero-order valence-corrected chi connectivity index (χ0v) is 7.55. The molecule has 0 aliphatic heterocycles. The number of nitrogens with one attached hydrogen (secondary N) is 1. The minimum Gasteiger partial charge on any atom is -0.384 e. The van der Waals surface area contributed by atoms with Gasteiger partial charge < -0.3 is 5.73 Å². The van der Waals surface area contributed by atoms with Gasteiger partial charge in [0.2, 0.25) is 0 Å². The third-order valence-electron chi connectivity index (χ3n) is 1.24. The maximum Gasteiger partial charge on any atom is 0.142 e. The van der Waals surface area contributed by atoms with Crippen LogP contribution in [-0.2, 0) is 0 Å². The molecule has 1 rings (SSSR count). The van der Waals surface area contributed by atoms with Crippen molar-refractivity contribution in [2.45, 2.75) is 0 Å². The van der Waals surface area contributed by atoms with Crippen molar-refractivity contribution in [1.82, 2.24) is 0 Å². The van der Waals surface area contributed by atoms with Gasteiger partial charge in [0.15, 0.2) is 0 Å². The van der Waals surface area contributed by atoms with Crippen LogP contribution in [0.2, 0.25) is 5.02 Å². The molecule has 0 bridgehead atoms. The van der Waals surface area contributed by atoms with E-state index in [0.29, 0.717) is 0 Å². The van der Waals surface area contributed by atoms with Gasteiger partial charge in [0, 0.05) is 5.56 Å². The lowest BCUT2D eigenvalue weighted by Gasteiger charge is -2.00. The number of halogens is 3. The van der Waals surface area contributed by atoms with Crippen molar-refractivity contribution >= 4 is 29.8 Å². The number of hydrogen-bond donors (Lipinski definition) is 2. The Kier molecular flexibility index (Phi) is 4.00. The summed E-state index contributed by atoms with van der Waals surface area (Å²) in [5.74, 6) is -0.783. The predicted octanol–water partition coefficient (Wildman–Crippen LogP) is 2.18. The lowest BCUT2D eigenvalue weighted by Crippen LogP contribution is -2.11. The normalized spacial score (nSPS) is 8.83. The second kappa shape index (κ2) is 4.28. The van der Waals surface area contributed by atoms with Gasteiger partial charge in [-0.1, -0.05) is 17.7 Å². The fraction of sp³-hybridized carbons (Fsp3) is 0. The molecule has 1 aromatic rings. The molecule has 2 nitrogen and oxygen atoms in total. The highest BCUT2D eigenvalue weighted by atomic mass is 35.5. The van der Waals surface area contributed by atoms with Gasteiger partial charge in [-0.2, -0.15) is 0 Å². The summed E-state index contributed by atoms with van der Waals surface area (Å²) >= 11 is 5.49. The number of nitrogen functional groups attached to an aromatic ring is 1. The maximum atomic E-state index is 12.7. The molecule has 3 N–H and O–H groups in total. The third kappa shape index (κ3) is 2.09. The van der Waals surface area contributed by atoms with Gasteiger partial charge in [0.1, 0.15) is 11.7 Å². The van der Waals surface area contributed by atoms with Crippen molar-refractivity contribution in [3.63, 3.8) is 0 Å². The molecule has 0 aliphatic rings. The Labute approximate surface area is 80.4 Å². The third-order valence-corrected chi connectivity index (χ3v) is 1.63. The topological polar surface area (TPSA) is 49.9 Å². The van der Waals surface area contributed by atoms with Crippen molar-refractivity contribution in [2.24, 2.45) is 5.73 Å². The highest BCUT2D eigenvalue weighted by molar-refractivity contribution is 6.34. The van der Waals surface area contributed by atoms with Gasteiger partial charge >= 0.3 is 0 Å². The van der Waals surface area contributed by atoms with Crippen LogP contribution >= 0.6 is 24.0 Å². The summed E-state index contributed by atoms with van der Waals surface area (Å²) in [6.07, 6.45) is 0. The largest absolute Gasteiger partial charge is 0.384 e. The summed E-state index contributed by atoms with van der Waals surface area (Å²) in [6.45, 7) is 0. The van der Waals surface area contributed by atoms with Crippen LogP contribution < -0.4 is 5.73 Å². The van der Waals surface area contributed by atoms with Crippen LogP contribution in [-0.4, -0.2) is 5.84 Å². The molecule has 0 unspecified atom stereocenters. The fourth-order valence-corrected chi connectivity index (χ4v) is 0.940. The van der Waals surface area contributed by atoms with Gasteiger partial charge in [-0.15, -0.1) is 12.4 Å². The molecule has 0 spiro atoms. The van der Waals surface area contributed by atoms with Gasteiger partial charge in [-0.3, -0.25) is 5.41 Å². The number of benzene rings is 1. The van der Waals surface area contributed by atoms with Crippen molar-refractivity contribution < 1.29 is 4.39 Å². The molecule has 0 amide bonds. The zero-order chi connectivity index (χ0) is 8.43. The first-order valence-corrected chi connectivity index (χ1v) is 3.29. The second-order valence-corrected chi connectivity index (χ2v) is 2.39. The fourth-order valence-electron chi connectivity index (χ4n) is 0.712. The van der Waals surface area contributed by atoms with Crippen LogP contribution in [0.5, 0.6) is 0 Å². The Bertz CT molecular complexity index is 301. The minimum atomic E-state index is -0.556. The van der Waals surface area contributed by atoms with E-state index in [1.165, 1.54) is 18.2 Å². The van der Waals surface area contributed by atoms with Crippen molar-refractivity contribution in [2.75, 3.05) is 0 Å². The highest BCUT2D eigenvalue weighted by Gasteiger charge is 2.06. The zero-order valence-electron chi connectivity index (χ0n) is 5.97. The summed E-state index contributed by atoms with van der Waals surface area (Å²) in [6, 6.07) is 4.17. The second-order valence-electron chi connectivity index (χ2n) is 2.02. The summed E-state index contributed by atoms with van der Waals surface area (Å²) < 4.78 is 12.7. The summed E-state index contributed by atoms with van der Waals surface area (Å²) in [5, 5.41) is 6.90. The minimum absolute atomic E-state index is 0. The Hall–Kier alpha value is -0.800. The Morgan fingerprint density at radius 3 is 2.50 bits per heavy atom. The predicted molar refractivity (Wildman–Crippen MR) is 49.7 cm³/mol. The molecule has 0 saturated carbocycles. The molecule has 12 heavy (non-hydrogen) atoms. The first kappa shape index (κ1) is 11.2. The van der Waals surface area contributed by atoms with E-state index in [1.54, 1.807) is 0 Å². The number of rotatable bonds is 1. The maximum absolute atomic E-state index is 12.7. The van der Waals surface area contributed by atoms with E-state index >= 15 is 0 Å². The van der Waals surface area contributed by atoms with Crippen molar-refractivity contribution in [3.8, 4) is 0 Å². The van der Waals surface area contributed by atoms with Crippen molar-refractivity contribution in [3.05, 3.63) is 34.6 Å². The quantitative estimate of drug-likeness (QED) is 0.540. The van der Waals surface area contributed by atoms with Crippen LogP contribution in [0.3, 0.4) is 0 Å². The number of hydrogen-bond acceptors (Lipinski definition) is 1. The molecular weight excluding hydrogens is 202 g/mol. The van der Waals surface area contributed by atoms with Gasteiger partial charge in [0.25, 0.3) is 0 Å². The van der Waals surface area contributed by atoms with E-state index in [2.05, 4.69) is 0 Å². The Morgan fingerprint density at radius 1 is 1.50 bits per heavy atom. The molecule has 0 atom stereocenters. The van der Waals surface area contributed by atoms with E-state index in [9.17, 15) is 4.39 Å². The van der Waals surface area contributed by atoms with Crippen LogP contribution in [0.15, 0.2) is 18.2 Å². The van der Waals surface area contributed by atoms with E-state index in [4.69, 9.17) is 22.7 Å². The molecule has 66 valence electrons. The first-order chi connectivity index (χ1) is 5.13. The molecule has 0 heterocycles. The first-order valence-electron chi connectivity index (χ1n) is 2.91. The van der Waals surface area contributed by atoms with Crippen LogP contribution in [0.4, 0.5) is 4.39 Å². The molecule has 0 aromatic heterocycles. The SMILES string of the molecule is Cl.N=C(N)c1cccc(F)c1Cl. The molecule has 1 aromatic carbocycles. The average Bonchev–Trinajstić information content (AvgIpc) is 1.94. The van der Waals surface area contributed by atoms with E-state index in [1.807, 2.05) is 0 Å². The van der Waals surface area contributed by atoms with Crippen molar-refractivity contribution in [1.29, 1.82) is 5.41 Å². The Balaban J connectivity index is 0.00000121. The summed E-state index contributed by atoms with van der Waals surface area (Å²) in [4.78, 5) is 0. The number of amidine groups is 1. The van der Waals surface area contributed by atoms with E-state index in [-0.39, 0.29) is 28.8 Å².